The van der Waals surface area contributed by atoms with Crippen molar-refractivity contribution in [3.05, 3.63) is 65.6 Å². The van der Waals surface area contributed by atoms with E-state index in [4.69, 9.17) is 4.52 Å². The first-order chi connectivity index (χ1) is 18.8. The van der Waals surface area contributed by atoms with E-state index >= 15 is 0 Å². The lowest BCUT2D eigenvalue weighted by Gasteiger charge is -2.38. The Kier molecular flexibility index (Phi) is 6.57. The molecule has 0 spiro atoms. The number of amides is 2. The fourth-order valence-electron chi connectivity index (χ4n) is 5.21. The number of benzene rings is 1. The zero-order valence-corrected chi connectivity index (χ0v) is 21.0. The molecule has 3 aliphatic rings. The Hall–Kier alpha value is -3.80. The molecule has 2 N–H and O–H groups in total. The molecule has 1 saturated heterocycles. The molecule has 1 aliphatic heterocycles. The number of nitrogens with one attached hydrogen (secondary N) is 2. The summed E-state index contributed by atoms with van der Waals surface area (Å²) in [5, 5.41) is 9.68. The number of halogens is 3. The molecule has 0 radical (unpaired) electrons. The van der Waals surface area contributed by atoms with E-state index < -0.39 is 46.4 Å². The van der Waals surface area contributed by atoms with Crippen LogP contribution in [0.4, 0.5) is 13.2 Å². The molecule has 2 saturated carbocycles. The van der Waals surface area contributed by atoms with E-state index in [9.17, 15) is 22.8 Å². The van der Waals surface area contributed by atoms with Gasteiger partial charge in [-0.1, -0.05) is 5.16 Å². The Balaban J connectivity index is 1.18. The number of carbonyl (C=O) groups excluding carboxylic acids is 2. The van der Waals surface area contributed by atoms with Crippen LogP contribution in [0.5, 0.6) is 0 Å². The van der Waals surface area contributed by atoms with Crippen LogP contribution in [-0.4, -0.2) is 57.5 Å². The topological polar surface area (TPSA) is 113 Å². The van der Waals surface area contributed by atoms with Crippen LogP contribution in [-0.2, 0) is 10.3 Å². The first-order valence-corrected chi connectivity index (χ1v) is 13.1. The van der Waals surface area contributed by atoms with Gasteiger partial charge < -0.3 is 20.1 Å². The summed E-state index contributed by atoms with van der Waals surface area (Å²) in [4.78, 5) is 37.6. The largest absolute Gasteiger partial charge is 0.355 e. The lowest BCUT2D eigenvalue weighted by molar-refractivity contribution is -0.128. The smallest absolute Gasteiger partial charge is 0.273 e. The number of aromatic nitrogens is 3. The number of hydrogen-bond acceptors (Lipinski definition) is 7. The second-order valence-corrected chi connectivity index (χ2v) is 10.6. The van der Waals surface area contributed by atoms with Crippen LogP contribution < -0.4 is 10.6 Å². The molecule has 6 rings (SSSR count). The van der Waals surface area contributed by atoms with Crippen molar-refractivity contribution in [1.29, 1.82) is 0 Å². The summed E-state index contributed by atoms with van der Waals surface area (Å²) in [6.07, 6.45) is 7.67. The lowest BCUT2D eigenvalue weighted by atomic mass is 9.90. The Morgan fingerprint density at radius 2 is 1.77 bits per heavy atom. The first kappa shape index (κ1) is 25.5. The van der Waals surface area contributed by atoms with Gasteiger partial charge in [0.05, 0.1) is 17.0 Å². The predicted octanol–water partition coefficient (Wildman–Crippen LogP) is 3.18. The van der Waals surface area contributed by atoms with Crippen molar-refractivity contribution in [3.8, 4) is 11.3 Å². The van der Waals surface area contributed by atoms with Crippen LogP contribution >= 0.6 is 0 Å². The molecule has 2 aliphatic carbocycles. The van der Waals surface area contributed by atoms with Gasteiger partial charge in [-0.25, -0.2) is 23.1 Å². The molecular weight excluding hydrogens is 513 g/mol. The van der Waals surface area contributed by atoms with E-state index in [2.05, 4.69) is 30.7 Å². The minimum atomic E-state index is -1.17. The molecule has 3 fully saturated rings. The number of nitrogens with zero attached hydrogens (tertiary/aromatic N) is 4. The van der Waals surface area contributed by atoms with Gasteiger partial charge in [0.2, 0.25) is 5.91 Å². The summed E-state index contributed by atoms with van der Waals surface area (Å²) < 4.78 is 46.7. The third-order valence-corrected chi connectivity index (χ3v) is 7.67. The Labute approximate surface area is 222 Å². The van der Waals surface area contributed by atoms with E-state index in [1.807, 2.05) is 0 Å². The van der Waals surface area contributed by atoms with E-state index in [1.165, 1.54) is 12.8 Å². The minimum Gasteiger partial charge on any atom is -0.355 e. The van der Waals surface area contributed by atoms with Crippen molar-refractivity contribution in [2.75, 3.05) is 19.6 Å². The molecule has 39 heavy (non-hydrogen) atoms. The van der Waals surface area contributed by atoms with Crippen molar-refractivity contribution in [3.63, 3.8) is 0 Å². The van der Waals surface area contributed by atoms with Gasteiger partial charge in [-0.2, -0.15) is 0 Å². The maximum Gasteiger partial charge on any atom is 0.273 e. The van der Waals surface area contributed by atoms with E-state index in [1.54, 1.807) is 18.5 Å². The molecule has 9 nitrogen and oxygen atoms in total. The van der Waals surface area contributed by atoms with Crippen LogP contribution in [0.25, 0.3) is 11.3 Å². The van der Waals surface area contributed by atoms with Gasteiger partial charge in [0.15, 0.2) is 17.3 Å². The van der Waals surface area contributed by atoms with E-state index in [-0.39, 0.29) is 17.4 Å². The highest BCUT2D eigenvalue weighted by atomic mass is 19.1. The van der Waals surface area contributed by atoms with Crippen LogP contribution in [0.1, 0.15) is 48.4 Å². The molecule has 0 bridgehead atoms. The summed E-state index contributed by atoms with van der Waals surface area (Å²) in [5.41, 5.74) is -1.42. The standard InChI is InChI=1S/C27H27F3N6O3/c28-16-10-18(29)23(19(30)11-16)22-12-21(35-39-22)25(38)33-20-4-9-36(13-15-2-3-15)14-17(20)24(37)34-27(5-6-27)26-31-7-1-8-32-26/h1,7-8,10-12,15,17,20H,2-6,9,13-14H2,(H,33,38)(H,34,37)/t17-,20+/m1/s1. The molecule has 1 aromatic carbocycles. The lowest BCUT2D eigenvalue weighted by Crippen LogP contribution is -2.57. The molecular formula is C27H27F3N6O3. The SMILES string of the molecule is O=C(N[C@H]1CCN(CC2CC2)C[C@H]1C(=O)NC1(c2ncccn2)CC1)c1cc(-c2c(F)cc(F)cc2F)on1. The van der Waals surface area contributed by atoms with Gasteiger partial charge in [0, 0.05) is 56.3 Å². The summed E-state index contributed by atoms with van der Waals surface area (Å²) in [6.45, 7) is 2.11. The molecule has 2 amide bonds. The van der Waals surface area contributed by atoms with Gasteiger partial charge in [0.1, 0.15) is 17.5 Å². The monoisotopic (exact) mass is 540 g/mol. The van der Waals surface area contributed by atoms with Crippen LogP contribution in [0.3, 0.4) is 0 Å². The average molecular weight is 541 g/mol. The molecule has 2 aromatic heterocycles. The normalized spacial score (nSPS) is 22.3. The second kappa shape index (κ2) is 10.1. The summed E-state index contributed by atoms with van der Waals surface area (Å²) in [6, 6.07) is 3.36. The van der Waals surface area contributed by atoms with Crippen LogP contribution in [0.2, 0.25) is 0 Å². The van der Waals surface area contributed by atoms with Gasteiger partial charge >= 0.3 is 0 Å². The zero-order valence-electron chi connectivity index (χ0n) is 21.0. The van der Waals surface area contributed by atoms with Crippen LogP contribution in [0, 0.1) is 29.3 Å². The summed E-state index contributed by atoms with van der Waals surface area (Å²) >= 11 is 0. The Bertz CT molecular complexity index is 1370. The fraction of sp³-hybridized carbons (Fsp3) is 0.444. The predicted molar refractivity (Wildman–Crippen MR) is 131 cm³/mol. The average Bonchev–Trinajstić information content (AvgIpc) is 3.84. The molecule has 3 aromatic rings. The highest BCUT2D eigenvalue weighted by Crippen LogP contribution is 2.44. The second-order valence-electron chi connectivity index (χ2n) is 10.6. The summed E-state index contributed by atoms with van der Waals surface area (Å²) in [5.74, 6) is -3.92. The molecule has 2 atom stereocenters. The third kappa shape index (κ3) is 5.38. The van der Waals surface area contributed by atoms with Crippen molar-refractivity contribution in [2.24, 2.45) is 11.8 Å². The van der Waals surface area contributed by atoms with Crippen LogP contribution in [0.15, 0.2) is 41.2 Å². The van der Waals surface area contributed by atoms with Gasteiger partial charge in [-0.3, -0.25) is 9.59 Å². The summed E-state index contributed by atoms with van der Waals surface area (Å²) in [7, 11) is 0. The van der Waals surface area contributed by atoms with Crippen molar-refractivity contribution < 1.29 is 27.3 Å². The first-order valence-electron chi connectivity index (χ1n) is 13.1. The van der Waals surface area contributed by atoms with E-state index in [0.29, 0.717) is 43.4 Å². The Morgan fingerprint density at radius 3 is 2.44 bits per heavy atom. The zero-order chi connectivity index (χ0) is 27.1. The fourth-order valence-corrected chi connectivity index (χ4v) is 5.21. The molecule has 3 heterocycles. The number of piperidine rings is 1. The number of likely N-dealkylation sites (tertiary alicyclic amines) is 1. The number of hydrogen-bond donors (Lipinski definition) is 2. The maximum absolute atomic E-state index is 14.2. The van der Waals surface area contributed by atoms with Crippen molar-refractivity contribution in [1.82, 2.24) is 30.7 Å². The highest BCUT2D eigenvalue weighted by Gasteiger charge is 2.50. The maximum atomic E-state index is 14.2. The molecule has 12 heteroatoms. The van der Waals surface area contributed by atoms with Gasteiger partial charge in [0.25, 0.3) is 5.91 Å². The Morgan fingerprint density at radius 1 is 1.05 bits per heavy atom. The van der Waals surface area contributed by atoms with E-state index in [0.717, 1.165) is 25.5 Å². The quantitative estimate of drug-likeness (QED) is 0.451. The third-order valence-electron chi connectivity index (χ3n) is 7.67. The van der Waals surface area contributed by atoms with Crippen molar-refractivity contribution >= 4 is 11.8 Å². The highest BCUT2D eigenvalue weighted by molar-refractivity contribution is 5.94. The van der Waals surface area contributed by atoms with Gasteiger partial charge in [-0.05, 0) is 44.1 Å². The molecule has 0 unspecified atom stereocenters. The molecule has 204 valence electrons. The van der Waals surface area contributed by atoms with Crippen molar-refractivity contribution in [2.45, 2.75) is 43.7 Å². The number of rotatable bonds is 8. The number of carbonyl (C=O) groups is 2. The minimum absolute atomic E-state index is 0.193. The van der Waals surface area contributed by atoms with Gasteiger partial charge in [-0.15, -0.1) is 0 Å².